The predicted molar refractivity (Wildman–Crippen MR) is 99.8 cm³/mol. The van der Waals surface area contributed by atoms with Gasteiger partial charge in [-0.25, -0.2) is 4.79 Å². The molecule has 2 rings (SSSR count). The number of ether oxygens (including phenoxy) is 1. The normalized spacial score (nSPS) is 15.7. The number of piperidine rings is 1. The Morgan fingerprint density at radius 3 is 2.58 bits per heavy atom. The summed E-state index contributed by atoms with van der Waals surface area (Å²) < 4.78 is 19.6. The first-order valence-corrected chi connectivity index (χ1v) is 9.21. The molecule has 0 atom stereocenters. The van der Waals surface area contributed by atoms with Gasteiger partial charge in [0.25, 0.3) is 0 Å². The molecule has 0 aliphatic carbocycles. The Kier molecular flexibility index (Phi) is 6.44. The second-order valence-corrected chi connectivity index (χ2v) is 8.25. The number of carbonyl (C=O) groups excluding carboxylic acids is 1. The van der Waals surface area contributed by atoms with Crippen LogP contribution in [0.4, 0.5) is 20.6 Å². The molecule has 1 N–H and O–H groups in total. The summed E-state index contributed by atoms with van der Waals surface area (Å²) in [5.41, 5.74) is -0.935. The number of likely N-dealkylation sites (tertiary alicyclic amines) is 1. The summed E-state index contributed by atoms with van der Waals surface area (Å²) in [6.45, 7) is 7.08. The SMILES string of the molecule is CC(C)(C)OC(=O)N1CCC(CNc2cc(Br)cc(F)c2[N+](=O)[O-])CC1. The zero-order valence-electron chi connectivity index (χ0n) is 15.1. The average Bonchev–Trinajstić information content (AvgIpc) is 2.50. The van der Waals surface area contributed by atoms with Crippen LogP contribution in [-0.2, 0) is 4.74 Å². The van der Waals surface area contributed by atoms with Crippen LogP contribution in [0, 0.1) is 21.8 Å². The molecule has 1 aromatic rings. The monoisotopic (exact) mass is 431 g/mol. The molecule has 1 aliphatic rings. The number of nitrogens with zero attached hydrogens (tertiary/aromatic N) is 2. The van der Waals surface area contributed by atoms with Gasteiger partial charge in [-0.05, 0) is 51.7 Å². The number of anilines is 1. The second kappa shape index (κ2) is 8.20. The smallest absolute Gasteiger partial charge is 0.410 e. The molecule has 1 aromatic carbocycles. The van der Waals surface area contributed by atoms with E-state index in [2.05, 4.69) is 21.2 Å². The van der Waals surface area contributed by atoms with E-state index in [0.717, 1.165) is 18.9 Å². The summed E-state index contributed by atoms with van der Waals surface area (Å²) in [7, 11) is 0. The molecule has 26 heavy (non-hydrogen) atoms. The van der Waals surface area contributed by atoms with Crippen molar-refractivity contribution in [2.45, 2.75) is 39.2 Å². The van der Waals surface area contributed by atoms with Crippen molar-refractivity contribution < 1.29 is 18.8 Å². The van der Waals surface area contributed by atoms with Crippen LogP contribution in [0.5, 0.6) is 0 Å². The molecule has 0 aromatic heterocycles. The fourth-order valence-corrected chi connectivity index (χ4v) is 3.22. The van der Waals surface area contributed by atoms with Gasteiger partial charge in [0.2, 0.25) is 5.82 Å². The lowest BCUT2D eigenvalue weighted by atomic mass is 9.97. The van der Waals surface area contributed by atoms with Gasteiger partial charge in [-0.15, -0.1) is 0 Å². The first-order chi connectivity index (χ1) is 12.1. The summed E-state index contributed by atoms with van der Waals surface area (Å²) in [6, 6.07) is 2.57. The van der Waals surface area contributed by atoms with E-state index >= 15 is 0 Å². The van der Waals surface area contributed by atoms with E-state index in [9.17, 15) is 19.3 Å². The number of carbonyl (C=O) groups is 1. The van der Waals surface area contributed by atoms with Crippen LogP contribution in [0.1, 0.15) is 33.6 Å². The van der Waals surface area contributed by atoms with Crippen LogP contribution in [0.2, 0.25) is 0 Å². The zero-order chi connectivity index (χ0) is 19.5. The second-order valence-electron chi connectivity index (χ2n) is 7.33. The molecule has 1 fully saturated rings. The van der Waals surface area contributed by atoms with Crippen molar-refractivity contribution in [2.24, 2.45) is 5.92 Å². The van der Waals surface area contributed by atoms with E-state index in [1.54, 1.807) is 4.90 Å². The number of halogens is 2. The number of rotatable bonds is 4. The Bertz CT molecular complexity index is 685. The number of benzene rings is 1. The van der Waals surface area contributed by atoms with E-state index in [1.807, 2.05) is 20.8 Å². The van der Waals surface area contributed by atoms with Crippen molar-refractivity contribution in [1.29, 1.82) is 0 Å². The minimum absolute atomic E-state index is 0.149. The topological polar surface area (TPSA) is 84.7 Å². The Hall–Kier alpha value is -1.90. The third-order valence-electron chi connectivity index (χ3n) is 4.06. The van der Waals surface area contributed by atoms with E-state index < -0.39 is 22.0 Å². The molecule has 1 heterocycles. The van der Waals surface area contributed by atoms with Gasteiger partial charge in [0, 0.05) is 24.1 Å². The molecule has 0 bridgehead atoms. The molecule has 0 radical (unpaired) electrons. The highest BCUT2D eigenvalue weighted by molar-refractivity contribution is 9.10. The lowest BCUT2D eigenvalue weighted by Crippen LogP contribution is -2.42. The summed E-state index contributed by atoms with van der Waals surface area (Å²) in [6.07, 6.45) is 1.17. The van der Waals surface area contributed by atoms with Gasteiger partial charge in [-0.2, -0.15) is 4.39 Å². The fraction of sp³-hybridized carbons (Fsp3) is 0.588. The van der Waals surface area contributed by atoms with E-state index in [-0.39, 0.29) is 17.7 Å². The van der Waals surface area contributed by atoms with Crippen molar-refractivity contribution in [1.82, 2.24) is 4.90 Å². The maximum atomic E-state index is 13.8. The molecule has 0 unspecified atom stereocenters. The lowest BCUT2D eigenvalue weighted by Gasteiger charge is -2.33. The third kappa shape index (κ3) is 5.55. The minimum Gasteiger partial charge on any atom is -0.444 e. The Labute approximate surface area is 160 Å². The molecule has 7 nitrogen and oxygen atoms in total. The fourth-order valence-electron chi connectivity index (χ4n) is 2.79. The van der Waals surface area contributed by atoms with Crippen molar-refractivity contribution in [3.05, 3.63) is 32.5 Å². The number of nitro groups is 1. The van der Waals surface area contributed by atoms with Crippen LogP contribution in [0.15, 0.2) is 16.6 Å². The lowest BCUT2D eigenvalue weighted by molar-refractivity contribution is -0.386. The van der Waals surface area contributed by atoms with Crippen molar-refractivity contribution >= 4 is 33.4 Å². The van der Waals surface area contributed by atoms with Crippen molar-refractivity contribution in [3.63, 3.8) is 0 Å². The molecule has 9 heteroatoms. The molecule has 1 saturated heterocycles. The third-order valence-corrected chi connectivity index (χ3v) is 4.52. The Balaban J connectivity index is 1.91. The Morgan fingerprint density at radius 2 is 2.04 bits per heavy atom. The first-order valence-electron chi connectivity index (χ1n) is 8.42. The molecular formula is C17H23BrFN3O4. The highest BCUT2D eigenvalue weighted by Gasteiger charge is 2.27. The summed E-state index contributed by atoms with van der Waals surface area (Å²) >= 11 is 3.15. The van der Waals surface area contributed by atoms with E-state index in [0.29, 0.717) is 24.1 Å². The van der Waals surface area contributed by atoms with Crippen LogP contribution < -0.4 is 5.32 Å². The van der Waals surface area contributed by atoms with Gasteiger partial charge < -0.3 is 15.0 Å². The number of hydrogen-bond acceptors (Lipinski definition) is 5. The van der Waals surface area contributed by atoms with Crippen LogP contribution in [-0.4, -0.2) is 41.2 Å². The molecular weight excluding hydrogens is 409 g/mol. The van der Waals surface area contributed by atoms with Gasteiger partial charge in [-0.3, -0.25) is 10.1 Å². The summed E-state index contributed by atoms with van der Waals surface area (Å²) in [5.74, 6) is -0.651. The maximum Gasteiger partial charge on any atom is 0.410 e. The summed E-state index contributed by atoms with van der Waals surface area (Å²) in [5, 5.41) is 14.1. The van der Waals surface area contributed by atoms with Gasteiger partial charge in [0.1, 0.15) is 11.3 Å². The minimum atomic E-state index is -0.883. The van der Waals surface area contributed by atoms with Crippen molar-refractivity contribution in [2.75, 3.05) is 25.0 Å². The predicted octanol–water partition coefficient (Wildman–Crippen LogP) is 4.56. The molecule has 144 valence electrons. The highest BCUT2D eigenvalue weighted by Crippen LogP contribution is 2.32. The van der Waals surface area contributed by atoms with Gasteiger partial charge in [0.05, 0.1) is 4.92 Å². The maximum absolute atomic E-state index is 13.8. The van der Waals surface area contributed by atoms with Crippen LogP contribution >= 0.6 is 15.9 Å². The quantitative estimate of drug-likeness (QED) is 0.557. The standard InChI is InChI=1S/C17H23BrFN3O4/c1-17(2,3)26-16(23)21-6-4-11(5-7-21)10-20-14-9-12(18)8-13(19)15(14)22(24)25/h8-9,11,20H,4-7,10H2,1-3H3. The zero-order valence-corrected chi connectivity index (χ0v) is 16.6. The van der Waals surface area contributed by atoms with Gasteiger partial charge in [-0.1, -0.05) is 15.9 Å². The van der Waals surface area contributed by atoms with Crippen molar-refractivity contribution in [3.8, 4) is 0 Å². The molecule has 0 saturated carbocycles. The van der Waals surface area contributed by atoms with Gasteiger partial charge >= 0.3 is 11.8 Å². The number of nitrogens with one attached hydrogen (secondary N) is 1. The number of hydrogen-bond donors (Lipinski definition) is 1. The van der Waals surface area contributed by atoms with Crippen LogP contribution in [0.25, 0.3) is 0 Å². The molecule has 0 spiro atoms. The highest BCUT2D eigenvalue weighted by atomic mass is 79.9. The number of nitro benzene ring substituents is 1. The first kappa shape index (κ1) is 20.4. The van der Waals surface area contributed by atoms with Gasteiger partial charge in [0.15, 0.2) is 0 Å². The Morgan fingerprint density at radius 1 is 1.42 bits per heavy atom. The summed E-state index contributed by atoms with van der Waals surface area (Å²) in [4.78, 5) is 24.1. The largest absolute Gasteiger partial charge is 0.444 e. The molecule has 1 aliphatic heterocycles. The molecule has 1 amide bonds. The van der Waals surface area contributed by atoms with E-state index in [4.69, 9.17) is 4.74 Å². The van der Waals surface area contributed by atoms with Crippen LogP contribution in [0.3, 0.4) is 0 Å². The van der Waals surface area contributed by atoms with E-state index in [1.165, 1.54) is 6.07 Å². The number of amides is 1. The average molecular weight is 432 g/mol.